The summed E-state index contributed by atoms with van der Waals surface area (Å²) in [6.07, 6.45) is -0.823. The minimum atomic E-state index is -4.39. The van der Waals surface area contributed by atoms with Gasteiger partial charge >= 0.3 is 6.18 Å². The molecule has 9 heteroatoms. The molecule has 1 amide bonds. The molecule has 1 aliphatic heterocycles. The number of rotatable bonds is 7. The Morgan fingerprint density at radius 3 is 2.35 bits per heavy atom. The number of alkyl halides is 3. The lowest BCUT2D eigenvalue weighted by Gasteiger charge is -2.23. The van der Waals surface area contributed by atoms with E-state index in [2.05, 4.69) is 15.2 Å². The SMILES string of the molecule is CN(Cc1ccccc1)c1ncc(C(=O)NCc2ccc(C(F)(F)F)cc2)c(N2CCCC2)n1. The minimum Gasteiger partial charge on any atom is -0.356 e. The summed E-state index contributed by atoms with van der Waals surface area (Å²) in [5, 5.41) is 2.79. The van der Waals surface area contributed by atoms with Crippen molar-refractivity contribution in [3.8, 4) is 0 Å². The van der Waals surface area contributed by atoms with Crippen LogP contribution in [0.3, 0.4) is 0 Å². The van der Waals surface area contributed by atoms with Crippen molar-refractivity contribution >= 4 is 17.7 Å². The van der Waals surface area contributed by atoms with Gasteiger partial charge in [-0.15, -0.1) is 0 Å². The van der Waals surface area contributed by atoms with Gasteiger partial charge in [-0.3, -0.25) is 4.79 Å². The first-order chi connectivity index (χ1) is 16.3. The predicted molar refractivity (Wildman–Crippen MR) is 125 cm³/mol. The fraction of sp³-hybridized carbons (Fsp3) is 0.320. The van der Waals surface area contributed by atoms with Crippen LogP contribution in [0.1, 0.15) is 39.9 Å². The molecule has 34 heavy (non-hydrogen) atoms. The van der Waals surface area contributed by atoms with Gasteiger partial charge in [0, 0.05) is 39.4 Å². The van der Waals surface area contributed by atoms with E-state index >= 15 is 0 Å². The summed E-state index contributed by atoms with van der Waals surface area (Å²) in [6.45, 7) is 2.34. The lowest BCUT2D eigenvalue weighted by Crippen LogP contribution is -2.29. The molecule has 0 aliphatic carbocycles. The number of benzene rings is 2. The van der Waals surface area contributed by atoms with Gasteiger partial charge in [-0.05, 0) is 36.1 Å². The van der Waals surface area contributed by atoms with Crippen LogP contribution in [-0.2, 0) is 19.3 Å². The second-order valence-corrected chi connectivity index (χ2v) is 8.32. The molecule has 1 N–H and O–H groups in total. The third-order valence-electron chi connectivity index (χ3n) is 5.74. The summed E-state index contributed by atoms with van der Waals surface area (Å²) in [7, 11) is 1.90. The summed E-state index contributed by atoms with van der Waals surface area (Å²) < 4.78 is 38.3. The maximum atomic E-state index is 13.0. The summed E-state index contributed by atoms with van der Waals surface area (Å²) in [4.78, 5) is 26.1. The summed E-state index contributed by atoms with van der Waals surface area (Å²) in [5.74, 6) is 0.733. The predicted octanol–water partition coefficient (Wildman–Crippen LogP) is 4.66. The minimum absolute atomic E-state index is 0.103. The van der Waals surface area contributed by atoms with Crippen molar-refractivity contribution < 1.29 is 18.0 Å². The molecular weight excluding hydrogens is 443 g/mol. The first kappa shape index (κ1) is 23.5. The molecule has 0 bridgehead atoms. The van der Waals surface area contributed by atoms with Crippen molar-refractivity contribution in [2.45, 2.75) is 32.1 Å². The molecule has 178 valence electrons. The topological polar surface area (TPSA) is 61.4 Å². The molecule has 2 heterocycles. The number of halogens is 3. The fourth-order valence-corrected chi connectivity index (χ4v) is 3.90. The lowest BCUT2D eigenvalue weighted by atomic mass is 10.1. The van der Waals surface area contributed by atoms with Crippen LogP contribution in [0.2, 0.25) is 0 Å². The van der Waals surface area contributed by atoms with Crippen LogP contribution in [0.25, 0.3) is 0 Å². The Morgan fingerprint density at radius 1 is 1.03 bits per heavy atom. The number of nitrogens with zero attached hydrogens (tertiary/aromatic N) is 4. The number of amides is 1. The number of carbonyl (C=O) groups is 1. The molecule has 4 rings (SSSR count). The van der Waals surface area contributed by atoms with Gasteiger partial charge in [0.15, 0.2) is 0 Å². The number of hydrogen-bond donors (Lipinski definition) is 1. The van der Waals surface area contributed by atoms with Crippen molar-refractivity contribution in [3.05, 3.63) is 83.0 Å². The normalized spacial score (nSPS) is 13.7. The van der Waals surface area contributed by atoms with Gasteiger partial charge in [-0.25, -0.2) is 4.98 Å². The second kappa shape index (κ2) is 10.1. The van der Waals surface area contributed by atoms with Crippen molar-refractivity contribution in [3.63, 3.8) is 0 Å². The molecule has 1 aromatic heterocycles. The molecule has 0 saturated carbocycles. The summed E-state index contributed by atoms with van der Waals surface area (Å²) in [5.41, 5.74) is 1.33. The van der Waals surface area contributed by atoms with Crippen LogP contribution in [0.4, 0.5) is 24.9 Å². The van der Waals surface area contributed by atoms with Crippen molar-refractivity contribution in [2.24, 2.45) is 0 Å². The largest absolute Gasteiger partial charge is 0.416 e. The van der Waals surface area contributed by atoms with Gasteiger partial charge in [0.2, 0.25) is 5.95 Å². The Morgan fingerprint density at radius 2 is 1.71 bits per heavy atom. The lowest BCUT2D eigenvalue weighted by molar-refractivity contribution is -0.137. The van der Waals surface area contributed by atoms with Crippen LogP contribution in [0.5, 0.6) is 0 Å². The fourth-order valence-electron chi connectivity index (χ4n) is 3.90. The van der Waals surface area contributed by atoms with E-state index in [-0.39, 0.29) is 12.5 Å². The van der Waals surface area contributed by atoms with Crippen molar-refractivity contribution in [1.29, 1.82) is 0 Å². The van der Waals surface area contributed by atoms with E-state index in [1.165, 1.54) is 18.3 Å². The van der Waals surface area contributed by atoms with E-state index in [0.29, 0.717) is 29.4 Å². The highest BCUT2D eigenvalue weighted by atomic mass is 19.4. The number of carbonyl (C=O) groups excluding carboxylic acids is 1. The second-order valence-electron chi connectivity index (χ2n) is 8.32. The van der Waals surface area contributed by atoms with Gasteiger partial charge in [-0.1, -0.05) is 42.5 Å². The average molecular weight is 470 g/mol. The van der Waals surface area contributed by atoms with Crippen molar-refractivity contribution in [1.82, 2.24) is 15.3 Å². The van der Waals surface area contributed by atoms with Gasteiger partial charge in [0.25, 0.3) is 5.91 Å². The summed E-state index contributed by atoms with van der Waals surface area (Å²) in [6, 6.07) is 14.7. The Balaban J connectivity index is 1.50. The van der Waals surface area contributed by atoms with Crippen molar-refractivity contribution in [2.75, 3.05) is 29.9 Å². The molecule has 0 unspecified atom stereocenters. The summed E-state index contributed by atoms with van der Waals surface area (Å²) >= 11 is 0. The standard InChI is InChI=1S/C25H26F3N5O/c1-32(17-19-7-3-2-4-8-19)24-30-16-21(22(31-24)33-13-5-6-14-33)23(34)29-15-18-9-11-20(12-10-18)25(26,27)28/h2-4,7-12,16H,5-6,13-15,17H2,1H3,(H,29,34). The highest BCUT2D eigenvalue weighted by Gasteiger charge is 2.30. The zero-order valence-corrected chi connectivity index (χ0v) is 18.8. The zero-order chi connectivity index (χ0) is 24.1. The van der Waals surface area contributed by atoms with E-state index in [9.17, 15) is 18.0 Å². The van der Waals surface area contributed by atoms with Gasteiger partial charge in [0.1, 0.15) is 11.4 Å². The Labute approximate surface area is 196 Å². The van der Waals surface area contributed by atoms with E-state index in [1.807, 2.05) is 42.3 Å². The maximum Gasteiger partial charge on any atom is 0.416 e. The average Bonchev–Trinajstić information content (AvgIpc) is 3.37. The van der Waals surface area contributed by atoms with Crippen LogP contribution in [-0.4, -0.2) is 36.0 Å². The quantitative estimate of drug-likeness (QED) is 0.545. The number of aromatic nitrogens is 2. The highest BCUT2D eigenvalue weighted by Crippen LogP contribution is 2.29. The van der Waals surface area contributed by atoms with Crippen LogP contribution >= 0.6 is 0 Å². The third-order valence-corrected chi connectivity index (χ3v) is 5.74. The van der Waals surface area contributed by atoms with Crippen LogP contribution in [0, 0.1) is 0 Å². The molecule has 1 aliphatic rings. The van der Waals surface area contributed by atoms with E-state index < -0.39 is 11.7 Å². The van der Waals surface area contributed by atoms with E-state index in [4.69, 9.17) is 4.98 Å². The smallest absolute Gasteiger partial charge is 0.356 e. The Kier molecular flexibility index (Phi) is 7.00. The molecule has 6 nitrogen and oxygen atoms in total. The number of nitrogens with one attached hydrogen (secondary N) is 1. The third kappa shape index (κ3) is 5.65. The number of hydrogen-bond acceptors (Lipinski definition) is 5. The van der Waals surface area contributed by atoms with Crippen LogP contribution in [0.15, 0.2) is 60.8 Å². The molecule has 0 atom stereocenters. The van der Waals surface area contributed by atoms with E-state index in [0.717, 1.165) is 43.6 Å². The van der Waals surface area contributed by atoms with Gasteiger partial charge in [0.05, 0.1) is 5.56 Å². The maximum absolute atomic E-state index is 13.0. The highest BCUT2D eigenvalue weighted by molar-refractivity contribution is 5.98. The molecule has 3 aromatic rings. The molecular formula is C25H26F3N5O. The zero-order valence-electron chi connectivity index (χ0n) is 18.8. The number of anilines is 2. The first-order valence-corrected chi connectivity index (χ1v) is 11.1. The molecule has 0 spiro atoms. The molecule has 2 aromatic carbocycles. The van der Waals surface area contributed by atoms with Gasteiger partial charge < -0.3 is 15.1 Å². The first-order valence-electron chi connectivity index (χ1n) is 11.1. The van der Waals surface area contributed by atoms with Crippen LogP contribution < -0.4 is 15.1 Å². The monoisotopic (exact) mass is 469 g/mol. The Hall–Kier alpha value is -3.62. The van der Waals surface area contributed by atoms with Gasteiger partial charge in [-0.2, -0.15) is 18.2 Å². The molecule has 0 radical (unpaired) electrons. The molecule has 1 fully saturated rings. The van der Waals surface area contributed by atoms with E-state index in [1.54, 1.807) is 0 Å². The Bertz CT molecular complexity index is 1110. The molecule has 1 saturated heterocycles.